The van der Waals surface area contributed by atoms with E-state index in [1.54, 1.807) is 24.3 Å². The largest absolute Gasteiger partial charge is 0.366 e. The molecule has 3 aromatic rings. The number of benzene rings is 3. The summed E-state index contributed by atoms with van der Waals surface area (Å²) in [6.07, 6.45) is 0. The van der Waals surface area contributed by atoms with Gasteiger partial charge in [0.2, 0.25) is 5.91 Å². The van der Waals surface area contributed by atoms with E-state index in [4.69, 9.17) is 5.73 Å². The minimum absolute atomic E-state index is 0.247. The van der Waals surface area contributed by atoms with Crippen molar-refractivity contribution in [2.45, 2.75) is 0 Å². The van der Waals surface area contributed by atoms with Gasteiger partial charge in [-0.1, -0.05) is 30.3 Å². The van der Waals surface area contributed by atoms with E-state index in [9.17, 15) is 14.4 Å². The lowest BCUT2D eigenvalue weighted by molar-refractivity contribution is 0.100. The standard InChI is InChI=1S/C18H11FN2O/c19-12-7-8-16(18(21)22)17(9-12)15-6-2-4-13-11(10-20)3-1-5-14(13)15/h1-9H,(H2,21,22). The molecule has 0 saturated heterocycles. The van der Waals surface area contributed by atoms with Gasteiger partial charge in [-0.05, 0) is 40.8 Å². The van der Waals surface area contributed by atoms with Gasteiger partial charge in [0.25, 0.3) is 0 Å². The summed E-state index contributed by atoms with van der Waals surface area (Å²) >= 11 is 0. The first kappa shape index (κ1) is 13.8. The molecule has 0 unspecified atom stereocenters. The molecule has 0 aromatic heterocycles. The van der Waals surface area contributed by atoms with Gasteiger partial charge >= 0.3 is 0 Å². The van der Waals surface area contributed by atoms with Gasteiger partial charge in [0, 0.05) is 10.9 Å². The zero-order valence-electron chi connectivity index (χ0n) is 11.5. The van der Waals surface area contributed by atoms with Crippen LogP contribution < -0.4 is 5.73 Å². The molecule has 1 amide bonds. The normalized spacial score (nSPS) is 10.4. The molecule has 0 bridgehead atoms. The molecule has 0 spiro atoms. The SMILES string of the molecule is N#Cc1cccc2c(-c3cc(F)ccc3C(N)=O)cccc12. The molecule has 0 radical (unpaired) electrons. The minimum atomic E-state index is -0.622. The molecule has 0 fully saturated rings. The van der Waals surface area contributed by atoms with Gasteiger partial charge in [-0.25, -0.2) is 4.39 Å². The maximum Gasteiger partial charge on any atom is 0.249 e. The van der Waals surface area contributed by atoms with Gasteiger partial charge in [-0.15, -0.1) is 0 Å². The number of carbonyl (C=O) groups is 1. The summed E-state index contributed by atoms with van der Waals surface area (Å²) in [5, 5.41) is 10.7. The van der Waals surface area contributed by atoms with Crippen molar-refractivity contribution in [3.8, 4) is 17.2 Å². The van der Waals surface area contributed by atoms with Crippen LogP contribution in [-0.4, -0.2) is 5.91 Å². The Morgan fingerprint density at radius 2 is 1.73 bits per heavy atom. The van der Waals surface area contributed by atoms with E-state index >= 15 is 0 Å². The van der Waals surface area contributed by atoms with Crippen LogP contribution in [-0.2, 0) is 0 Å². The number of amides is 1. The molecule has 3 rings (SSSR count). The fourth-order valence-corrected chi connectivity index (χ4v) is 2.60. The van der Waals surface area contributed by atoms with Crippen LogP contribution in [0.15, 0.2) is 54.6 Å². The van der Waals surface area contributed by atoms with Crippen molar-refractivity contribution < 1.29 is 9.18 Å². The Labute approximate surface area is 126 Å². The summed E-state index contributed by atoms with van der Waals surface area (Å²) < 4.78 is 13.6. The summed E-state index contributed by atoms with van der Waals surface area (Å²) in [6.45, 7) is 0. The van der Waals surface area contributed by atoms with Crippen LogP contribution in [0.3, 0.4) is 0 Å². The first-order valence-corrected chi connectivity index (χ1v) is 6.63. The molecule has 0 saturated carbocycles. The van der Waals surface area contributed by atoms with Crippen molar-refractivity contribution >= 4 is 16.7 Å². The minimum Gasteiger partial charge on any atom is -0.366 e. The van der Waals surface area contributed by atoms with Gasteiger partial charge < -0.3 is 5.73 Å². The molecule has 0 heterocycles. The highest BCUT2D eigenvalue weighted by molar-refractivity contribution is 6.06. The first-order valence-electron chi connectivity index (χ1n) is 6.63. The lowest BCUT2D eigenvalue weighted by Crippen LogP contribution is -2.12. The average Bonchev–Trinajstić information content (AvgIpc) is 2.53. The van der Waals surface area contributed by atoms with E-state index in [1.165, 1.54) is 18.2 Å². The van der Waals surface area contributed by atoms with Crippen LogP contribution in [0.25, 0.3) is 21.9 Å². The quantitative estimate of drug-likeness (QED) is 0.783. The van der Waals surface area contributed by atoms with Crippen molar-refractivity contribution in [1.82, 2.24) is 0 Å². The van der Waals surface area contributed by atoms with Crippen molar-refractivity contribution in [3.05, 3.63) is 71.5 Å². The van der Waals surface area contributed by atoms with Gasteiger partial charge in [0.1, 0.15) is 5.82 Å². The second-order valence-corrected chi connectivity index (χ2v) is 4.87. The number of nitrogens with zero attached hydrogens (tertiary/aromatic N) is 1. The average molecular weight is 290 g/mol. The first-order chi connectivity index (χ1) is 10.6. The molecule has 106 valence electrons. The summed E-state index contributed by atoms with van der Waals surface area (Å²) in [5.41, 5.74) is 7.25. The number of hydrogen-bond acceptors (Lipinski definition) is 2. The molecular weight excluding hydrogens is 279 g/mol. The number of fused-ring (bicyclic) bond motifs is 1. The maximum atomic E-state index is 13.6. The highest BCUT2D eigenvalue weighted by Crippen LogP contribution is 2.32. The van der Waals surface area contributed by atoms with E-state index < -0.39 is 11.7 Å². The Morgan fingerprint density at radius 1 is 1.00 bits per heavy atom. The molecule has 4 heteroatoms. The zero-order valence-corrected chi connectivity index (χ0v) is 11.5. The highest BCUT2D eigenvalue weighted by atomic mass is 19.1. The van der Waals surface area contributed by atoms with Crippen molar-refractivity contribution in [2.24, 2.45) is 5.73 Å². The summed E-state index contributed by atoms with van der Waals surface area (Å²) in [6, 6.07) is 16.7. The van der Waals surface area contributed by atoms with Gasteiger partial charge in [-0.2, -0.15) is 5.26 Å². The third-order valence-corrected chi connectivity index (χ3v) is 3.58. The van der Waals surface area contributed by atoms with Gasteiger partial charge in [0.05, 0.1) is 11.6 Å². The molecule has 3 nitrogen and oxygen atoms in total. The third kappa shape index (κ3) is 2.19. The fraction of sp³-hybridized carbons (Fsp3) is 0. The number of carbonyl (C=O) groups excluding carboxylic acids is 1. The van der Waals surface area contributed by atoms with Crippen molar-refractivity contribution in [3.63, 3.8) is 0 Å². The number of nitrogens with two attached hydrogens (primary N) is 1. The Hall–Kier alpha value is -3.19. The van der Waals surface area contributed by atoms with Crippen molar-refractivity contribution in [1.29, 1.82) is 5.26 Å². The van der Waals surface area contributed by atoms with Crippen molar-refractivity contribution in [2.75, 3.05) is 0 Å². The summed E-state index contributed by atoms with van der Waals surface area (Å²) in [4.78, 5) is 11.6. The topological polar surface area (TPSA) is 66.9 Å². The van der Waals surface area contributed by atoms with Gasteiger partial charge in [0.15, 0.2) is 0 Å². The Kier molecular flexibility index (Phi) is 3.32. The monoisotopic (exact) mass is 290 g/mol. The third-order valence-electron chi connectivity index (χ3n) is 3.58. The lowest BCUT2D eigenvalue weighted by atomic mass is 9.93. The van der Waals surface area contributed by atoms with Crippen LogP contribution >= 0.6 is 0 Å². The summed E-state index contributed by atoms with van der Waals surface area (Å²) in [5.74, 6) is -1.07. The number of primary amides is 1. The van der Waals surface area contributed by atoms with Crippen LogP contribution in [0.5, 0.6) is 0 Å². The Bertz CT molecular complexity index is 941. The van der Waals surface area contributed by atoms with E-state index in [1.807, 2.05) is 12.1 Å². The Morgan fingerprint density at radius 3 is 2.45 bits per heavy atom. The van der Waals surface area contributed by atoms with E-state index in [2.05, 4.69) is 6.07 Å². The predicted octanol–water partition coefficient (Wildman–Crippen LogP) is 3.62. The summed E-state index contributed by atoms with van der Waals surface area (Å²) in [7, 11) is 0. The molecule has 0 aliphatic rings. The predicted molar refractivity (Wildman–Crippen MR) is 82.6 cm³/mol. The number of nitriles is 1. The molecule has 0 aliphatic heterocycles. The fourth-order valence-electron chi connectivity index (χ4n) is 2.60. The van der Waals surface area contributed by atoms with Crippen LogP contribution in [0, 0.1) is 17.1 Å². The molecule has 22 heavy (non-hydrogen) atoms. The highest BCUT2D eigenvalue weighted by Gasteiger charge is 2.14. The maximum absolute atomic E-state index is 13.6. The van der Waals surface area contributed by atoms with Crippen LogP contribution in [0.1, 0.15) is 15.9 Å². The van der Waals surface area contributed by atoms with Crippen LogP contribution in [0.4, 0.5) is 4.39 Å². The van der Waals surface area contributed by atoms with Gasteiger partial charge in [-0.3, -0.25) is 4.79 Å². The van der Waals surface area contributed by atoms with E-state index in [-0.39, 0.29) is 5.56 Å². The Balaban J connectivity index is 2.40. The zero-order chi connectivity index (χ0) is 15.7. The second-order valence-electron chi connectivity index (χ2n) is 4.87. The molecule has 0 aliphatic carbocycles. The smallest absolute Gasteiger partial charge is 0.249 e. The number of halogens is 1. The van der Waals surface area contributed by atoms with E-state index in [0.29, 0.717) is 16.7 Å². The van der Waals surface area contributed by atoms with E-state index in [0.717, 1.165) is 10.8 Å². The molecule has 3 aromatic carbocycles. The molecule has 2 N–H and O–H groups in total. The molecular formula is C18H11FN2O. The number of hydrogen-bond donors (Lipinski definition) is 1. The number of rotatable bonds is 2. The van der Waals surface area contributed by atoms with Crippen LogP contribution in [0.2, 0.25) is 0 Å². The second kappa shape index (κ2) is 5.30. The lowest BCUT2D eigenvalue weighted by Gasteiger charge is -2.11. The molecule has 0 atom stereocenters.